The third-order valence-corrected chi connectivity index (χ3v) is 7.01. The highest BCUT2D eigenvalue weighted by atomic mass is 16.6. The molecule has 8 nitrogen and oxygen atoms in total. The third-order valence-electron chi connectivity index (χ3n) is 7.01. The van der Waals surface area contributed by atoms with Gasteiger partial charge in [-0.15, -0.1) is 0 Å². The van der Waals surface area contributed by atoms with Gasteiger partial charge in [-0.25, -0.2) is 9.78 Å². The average Bonchev–Trinajstić information content (AvgIpc) is 3.31. The van der Waals surface area contributed by atoms with Crippen molar-refractivity contribution in [2.45, 2.75) is 43.9 Å². The molecule has 3 aliphatic rings. The van der Waals surface area contributed by atoms with Crippen molar-refractivity contribution in [1.29, 1.82) is 0 Å². The van der Waals surface area contributed by atoms with Gasteiger partial charge in [0.2, 0.25) is 0 Å². The summed E-state index contributed by atoms with van der Waals surface area (Å²) >= 11 is 0. The van der Waals surface area contributed by atoms with E-state index in [4.69, 9.17) is 10.5 Å². The van der Waals surface area contributed by atoms with Gasteiger partial charge >= 0.3 is 6.09 Å². The second kappa shape index (κ2) is 9.08. The Morgan fingerprint density at radius 3 is 2.73 bits per heavy atom. The molecule has 1 amide bonds. The summed E-state index contributed by atoms with van der Waals surface area (Å²) in [6, 6.07) is 4.62. The van der Waals surface area contributed by atoms with E-state index >= 15 is 0 Å². The van der Waals surface area contributed by atoms with Gasteiger partial charge in [-0.2, -0.15) is 0 Å². The standard InChI is InChI=1S/C22H36N6O2/c1-25(2)19-6-12-26(16-19)10-4-11-28-17-22(30-21(28)29)7-13-27(14-8-22)15-18-5-3-9-24-20(18)23/h3,5,9,19H,4,6-8,10-17H2,1-2H3,(H2,23,24)/t19-/m0/s1. The Kier molecular flexibility index (Phi) is 6.46. The molecule has 0 aliphatic carbocycles. The molecule has 1 aromatic heterocycles. The number of anilines is 1. The molecule has 0 unspecified atom stereocenters. The Bertz CT molecular complexity index is 734. The third kappa shape index (κ3) is 4.87. The van der Waals surface area contributed by atoms with Crippen LogP contribution in [-0.2, 0) is 11.3 Å². The zero-order chi connectivity index (χ0) is 21.1. The van der Waals surface area contributed by atoms with Crippen molar-refractivity contribution in [3.05, 3.63) is 23.9 Å². The second-order valence-electron chi connectivity index (χ2n) is 9.36. The SMILES string of the molecule is CN(C)[C@H]1CCN(CCCN2CC3(CCN(Cc4cccnc4N)CC3)OC2=O)C1. The molecule has 4 rings (SSSR count). The first-order valence-electron chi connectivity index (χ1n) is 11.2. The monoisotopic (exact) mass is 416 g/mol. The fourth-order valence-electron chi connectivity index (χ4n) is 4.99. The average molecular weight is 417 g/mol. The molecule has 3 aliphatic heterocycles. The van der Waals surface area contributed by atoms with Gasteiger partial charge in [0, 0.05) is 63.4 Å². The number of pyridine rings is 1. The fraction of sp³-hybridized carbons (Fsp3) is 0.727. The van der Waals surface area contributed by atoms with Gasteiger partial charge in [0.05, 0.1) is 6.54 Å². The number of likely N-dealkylation sites (N-methyl/N-ethyl adjacent to an activating group) is 1. The van der Waals surface area contributed by atoms with Crippen LogP contribution in [0.1, 0.15) is 31.2 Å². The highest BCUT2D eigenvalue weighted by molar-refractivity contribution is 5.70. The van der Waals surface area contributed by atoms with E-state index in [-0.39, 0.29) is 11.7 Å². The first-order valence-corrected chi connectivity index (χ1v) is 11.2. The van der Waals surface area contributed by atoms with Crippen molar-refractivity contribution in [1.82, 2.24) is 24.6 Å². The van der Waals surface area contributed by atoms with Crippen LogP contribution in [-0.4, -0.2) is 102 Å². The molecule has 2 N–H and O–H groups in total. The van der Waals surface area contributed by atoms with E-state index in [9.17, 15) is 4.79 Å². The molecule has 3 saturated heterocycles. The first kappa shape index (κ1) is 21.3. The maximum atomic E-state index is 12.5. The molecule has 0 saturated carbocycles. The number of nitrogen functional groups attached to an aromatic ring is 1. The molecule has 0 aromatic carbocycles. The number of amides is 1. The van der Waals surface area contributed by atoms with E-state index < -0.39 is 0 Å². The van der Waals surface area contributed by atoms with Gasteiger partial charge in [0.25, 0.3) is 0 Å². The largest absolute Gasteiger partial charge is 0.441 e. The van der Waals surface area contributed by atoms with Gasteiger partial charge in [-0.05, 0) is 46.1 Å². The summed E-state index contributed by atoms with van der Waals surface area (Å²) in [5, 5.41) is 0. The van der Waals surface area contributed by atoms with Crippen molar-refractivity contribution < 1.29 is 9.53 Å². The number of aromatic nitrogens is 1. The summed E-state index contributed by atoms with van der Waals surface area (Å²) in [4.78, 5) is 25.8. The van der Waals surface area contributed by atoms with Gasteiger partial charge < -0.3 is 25.2 Å². The van der Waals surface area contributed by atoms with Crippen molar-refractivity contribution in [2.24, 2.45) is 0 Å². The predicted octanol–water partition coefficient (Wildman–Crippen LogP) is 1.48. The lowest BCUT2D eigenvalue weighted by atomic mass is 9.91. The summed E-state index contributed by atoms with van der Waals surface area (Å²) in [5.74, 6) is 0.603. The smallest absolute Gasteiger partial charge is 0.410 e. The van der Waals surface area contributed by atoms with Crippen LogP contribution in [0.15, 0.2) is 18.3 Å². The van der Waals surface area contributed by atoms with Crippen LogP contribution in [0.3, 0.4) is 0 Å². The summed E-state index contributed by atoms with van der Waals surface area (Å²) in [5.41, 5.74) is 6.74. The number of nitrogens with two attached hydrogens (primary N) is 1. The number of carbonyl (C=O) groups excluding carboxylic acids is 1. The van der Waals surface area contributed by atoms with Crippen molar-refractivity contribution in [3.63, 3.8) is 0 Å². The van der Waals surface area contributed by atoms with Crippen LogP contribution < -0.4 is 5.73 Å². The molecule has 3 fully saturated rings. The Morgan fingerprint density at radius 1 is 1.23 bits per heavy atom. The van der Waals surface area contributed by atoms with E-state index in [0.717, 1.165) is 77.2 Å². The van der Waals surface area contributed by atoms with Crippen molar-refractivity contribution in [2.75, 3.05) is 65.6 Å². The molecule has 1 atom stereocenters. The lowest BCUT2D eigenvalue weighted by molar-refractivity contribution is -0.00120. The highest BCUT2D eigenvalue weighted by Gasteiger charge is 2.46. The van der Waals surface area contributed by atoms with Gasteiger partial charge in [0.1, 0.15) is 11.4 Å². The minimum Gasteiger partial charge on any atom is -0.441 e. The quantitative estimate of drug-likeness (QED) is 0.721. The maximum absolute atomic E-state index is 12.5. The lowest BCUT2D eigenvalue weighted by Crippen LogP contribution is -2.46. The molecule has 30 heavy (non-hydrogen) atoms. The fourth-order valence-corrected chi connectivity index (χ4v) is 4.99. The van der Waals surface area contributed by atoms with Crippen molar-refractivity contribution >= 4 is 11.9 Å². The number of ether oxygens (including phenoxy) is 1. The molecule has 0 radical (unpaired) electrons. The molecule has 1 spiro atoms. The number of hydrogen-bond acceptors (Lipinski definition) is 7. The number of hydrogen-bond donors (Lipinski definition) is 1. The Hall–Kier alpha value is -1.90. The molecular formula is C22H36N6O2. The minimum absolute atomic E-state index is 0.132. The molecule has 166 valence electrons. The van der Waals surface area contributed by atoms with E-state index in [2.05, 4.69) is 33.8 Å². The van der Waals surface area contributed by atoms with Crippen LogP contribution in [0.25, 0.3) is 0 Å². The zero-order valence-electron chi connectivity index (χ0n) is 18.4. The number of rotatable bonds is 7. The van der Waals surface area contributed by atoms with Crippen LogP contribution in [0.2, 0.25) is 0 Å². The van der Waals surface area contributed by atoms with Crippen LogP contribution in [0.5, 0.6) is 0 Å². The van der Waals surface area contributed by atoms with E-state index in [1.165, 1.54) is 6.42 Å². The second-order valence-corrected chi connectivity index (χ2v) is 9.36. The summed E-state index contributed by atoms with van der Waals surface area (Å²) < 4.78 is 5.90. The minimum atomic E-state index is -0.308. The topological polar surface area (TPSA) is 78.2 Å². The van der Waals surface area contributed by atoms with Gasteiger partial charge in [-0.1, -0.05) is 6.07 Å². The van der Waals surface area contributed by atoms with Crippen LogP contribution in [0.4, 0.5) is 10.6 Å². The van der Waals surface area contributed by atoms with E-state index in [0.29, 0.717) is 11.9 Å². The lowest BCUT2D eigenvalue weighted by Gasteiger charge is -2.37. The van der Waals surface area contributed by atoms with Gasteiger partial charge in [-0.3, -0.25) is 4.90 Å². The summed E-state index contributed by atoms with van der Waals surface area (Å²) in [7, 11) is 4.32. The Labute approximate surface area is 179 Å². The van der Waals surface area contributed by atoms with Crippen molar-refractivity contribution in [3.8, 4) is 0 Å². The summed E-state index contributed by atoms with van der Waals surface area (Å²) in [6.07, 6.45) is 5.60. The molecule has 4 heterocycles. The van der Waals surface area contributed by atoms with E-state index in [1.807, 2.05) is 17.0 Å². The number of likely N-dealkylation sites (tertiary alicyclic amines) is 2. The van der Waals surface area contributed by atoms with Crippen LogP contribution >= 0.6 is 0 Å². The highest BCUT2D eigenvalue weighted by Crippen LogP contribution is 2.34. The first-order chi connectivity index (χ1) is 14.4. The van der Waals surface area contributed by atoms with Crippen LogP contribution in [0, 0.1) is 0 Å². The van der Waals surface area contributed by atoms with E-state index in [1.54, 1.807) is 6.20 Å². The predicted molar refractivity (Wildman–Crippen MR) is 117 cm³/mol. The zero-order valence-corrected chi connectivity index (χ0v) is 18.4. The number of carbonyl (C=O) groups is 1. The molecule has 0 bridgehead atoms. The Balaban J connectivity index is 1.21. The molecular weight excluding hydrogens is 380 g/mol. The number of piperidine rings is 1. The number of nitrogens with zero attached hydrogens (tertiary/aromatic N) is 5. The van der Waals surface area contributed by atoms with Gasteiger partial charge in [0.15, 0.2) is 0 Å². The normalized spacial score (nSPS) is 24.8. The Morgan fingerprint density at radius 2 is 2.03 bits per heavy atom. The maximum Gasteiger partial charge on any atom is 0.410 e. The molecule has 1 aromatic rings. The molecule has 8 heteroatoms. The summed E-state index contributed by atoms with van der Waals surface area (Å²) in [6.45, 7) is 7.50.